The average Bonchev–Trinajstić information content (AvgIpc) is 2.71. The van der Waals surface area contributed by atoms with Crippen LogP contribution in [0.15, 0.2) is 18.2 Å². The van der Waals surface area contributed by atoms with Crippen LogP contribution in [0.2, 0.25) is 5.02 Å². The van der Waals surface area contributed by atoms with E-state index in [-0.39, 0.29) is 5.54 Å². The third kappa shape index (κ3) is 3.43. The third-order valence-corrected chi connectivity index (χ3v) is 4.34. The van der Waals surface area contributed by atoms with Gasteiger partial charge in [-0.2, -0.15) is 0 Å². The molecule has 0 aliphatic carbocycles. The number of nitrogens with one attached hydrogen (secondary N) is 1. The van der Waals surface area contributed by atoms with E-state index in [1.807, 2.05) is 0 Å². The fourth-order valence-electron chi connectivity index (χ4n) is 2.83. The maximum absolute atomic E-state index is 6.41. The smallest absolute Gasteiger partial charge is 0.0471 e. The van der Waals surface area contributed by atoms with E-state index in [2.05, 4.69) is 49.2 Å². The van der Waals surface area contributed by atoms with Crippen molar-refractivity contribution >= 4 is 17.3 Å². The van der Waals surface area contributed by atoms with Gasteiger partial charge in [-0.3, -0.25) is 0 Å². The molecule has 0 saturated carbocycles. The van der Waals surface area contributed by atoms with Crippen molar-refractivity contribution in [3.05, 3.63) is 28.8 Å². The predicted octanol–water partition coefficient (Wildman–Crippen LogP) is 4.22. The van der Waals surface area contributed by atoms with Crippen LogP contribution in [0, 0.1) is 0 Å². The Morgan fingerprint density at radius 2 is 2.16 bits per heavy atom. The molecule has 0 bridgehead atoms. The zero-order chi connectivity index (χ0) is 13.9. The third-order valence-electron chi connectivity index (χ3n) is 3.99. The summed E-state index contributed by atoms with van der Waals surface area (Å²) in [4.78, 5) is 2.47. The highest BCUT2D eigenvalue weighted by Gasteiger charge is 2.32. The highest BCUT2D eigenvalue weighted by Crippen LogP contribution is 2.35. The second kappa shape index (κ2) is 6.15. The second-order valence-corrected chi connectivity index (χ2v) is 6.43. The van der Waals surface area contributed by atoms with Gasteiger partial charge in [0.25, 0.3) is 0 Å². The molecule has 0 atom stereocenters. The lowest BCUT2D eigenvalue weighted by atomic mass is 10.0. The Hall–Kier alpha value is -0.730. The van der Waals surface area contributed by atoms with E-state index in [9.17, 15) is 0 Å². The standard InChI is InChI=1S/C16H25ClN2/c1-4-9-18-12-13-6-7-14(11-15(13)17)19-10-5-8-16(19,2)3/h6-7,11,18H,4-5,8-10,12H2,1-3H3. The highest BCUT2D eigenvalue weighted by atomic mass is 35.5. The first-order valence-electron chi connectivity index (χ1n) is 7.31. The van der Waals surface area contributed by atoms with Gasteiger partial charge in [0.15, 0.2) is 0 Å². The van der Waals surface area contributed by atoms with Gasteiger partial charge in [-0.15, -0.1) is 0 Å². The van der Waals surface area contributed by atoms with Gasteiger partial charge >= 0.3 is 0 Å². The molecule has 1 aliphatic heterocycles. The van der Waals surface area contributed by atoms with E-state index >= 15 is 0 Å². The van der Waals surface area contributed by atoms with E-state index in [0.29, 0.717) is 0 Å². The van der Waals surface area contributed by atoms with Gasteiger partial charge in [0.05, 0.1) is 0 Å². The Kier molecular flexibility index (Phi) is 4.75. The number of anilines is 1. The summed E-state index contributed by atoms with van der Waals surface area (Å²) in [5.41, 5.74) is 2.70. The zero-order valence-corrected chi connectivity index (χ0v) is 13.1. The van der Waals surface area contributed by atoms with E-state index in [1.54, 1.807) is 0 Å². The lowest BCUT2D eigenvalue weighted by Crippen LogP contribution is -2.38. The van der Waals surface area contributed by atoms with Crippen LogP contribution in [0.4, 0.5) is 5.69 Å². The number of hydrogen-bond acceptors (Lipinski definition) is 2. The average molecular weight is 281 g/mol. The van der Waals surface area contributed by atoms with Crippen LogP contribution in [0.25, 0.3) is 0 Å². The van der Waals surface area contributed by atoms with Crippen LogP contribution in [-0.4, -0.2) is 18.6 Å². The molecule has 3 heteroatoms. The first-order chi connectivity index (χ1) is 9.04. The largest absolute Gasteiger partial charge is 0.366 e. The molecule has 2 nitrogen and oxygen atoms in total. The van der Waals surface area contributed by atoms with Crippen molar-refractivity contribution in [2.75, 3.05) is 18.0 Å². The zero-order valence-electron chi connectivity index (χ0n) is 12.3. The topological polar surface area (TPSA) is 15.3 Å². The van der Waals surface area contributed by atoms with E-state index in [1.165, 1.54) is 24.1 Å². The lowest BCUT2D eigenvalue weighted by Gasteiger charge is -2.34. The molecule has 0 spiro atoms. The molecule has 106 valence electrons. The normalized spacial score (nSPS) is 18.0. The van der Waals surface area contributed by atoms with Crippen molar-refractivity contribution < 1.29 is 0 Å². The van der Waals surface area contributed by atoms with Gasteiger partial charge in [0.1, 0.15) is 0 Å². The van der Waals surface area contributed by atoms with Gasteiger partial charge in [0.2, 0.25) is 0 Å². The van der Waals surface area contributed by atoms with E-state index in [0.717, 1.165) is 31.1 Å². The molecule has 1 heterocycles. The predicted molar refractivity (Wildman–Crippen MR) is 84.1 cm³/mol. The Morgan fingerprint density at radius 3 is 2.74 bits per heavy atom. The van der Waals surface area contributed by atoms with Crippen molar-refractivity contribution in [1.29, 1.82) is 0 Å². The quantitative estimate of drug-likeness (QED) is 0.813. The second-order valence-electron chi connectivity index (χ2n) is 6.02. The van der Waals surface area contributed by atoms with Crippen LogP contribution >= 0.6 is 11.6 Å². The molecule has 1 aliphatic rings. The fraction of sp³-hybridized carbons (Fsp3) is 0.625. The minimum absolute atomic E-state index is 0.255. The molecule has 0 amide bonds. The summed E-state index contributed by atoms with van der Waals surface area (Å²) in [6.45, 7) is 9.83. The first-order valence-corrected chi connectivity index (χ1v) is 7.69. The molecule has 0 aromatic heterocycles. The van der Waals surface area contributed by atoms with Gasteiger partial charge < -0.3 is 10.2 Å². The van der Waals surface area contributed by atoms with Crippen molar-refractivity contribution in [1.82, 2.24) is 5.32 Å². The number of halogens is 1. The summed E-state index contributed by atoms with van der Waals surface area (Å²) in [6.07, 6.45) is 3.67. The van der Waals surface area contributed by atoms with Crippen molar-refractivity contribution in [3.8, 4) is 0 Å². The highest BCUT2D eigenvalue weighted by molar-refractivity contribution is 6.31. The Balaban J connectivity index is 2.10. The maximum atomic E-state index is 6.41. The van der Waals surface area contributed by atoms with Gasteiger partial charge in [-0.05, 0) is 57.4 Å². The molecule has 1 N–H and O–H groups in total. The summed E-state index contributed by atoms with van der Waals surface area (Å²) in [5, 5.41) is 4.28. The van der Waals surface area contributed by atoms with Gasteiger partial charge in [-0.1, -0.05) is 24.6 Å². The van der Waals surface area contributed by atoms with Crippen LogP contribution in [0.5, 0.6) is 0 Å². The number of rotatable bonds is 5. The molecule has 2 rings (SSSR count). The molecular formula is C16H25ClN2. The molecule has 1 fully saturated rings. The molecule has 1 aromatic carbocycles. The number of hydrogen-bond donors (Lipinski definition) is 1. The van der Waals surface area contributed by atoms with Crippen LogP contribution in [-0.2, 0) is 6.54 Å². The Morgan fingerprint density at radius 1 is 1.37 bits per heavy atom. The van der Waals surface area contributed by atoms with Gasteiger partial charge in [0, 0.05) is 29.3 Å². The van der Waals surface area contributed by atoms with Crippen LogP contribution in [0.1, 0.15) is 45.6 Å². The molecular weight excluding hydrogens is 256 g/mol. The van der Waals surface area contributed by atoms with Gasteiger partial charge in [-0.25, -0.2) is 0 Å². The Bertz CT molecular complexity index is 429. The van der Waals surface area contributed by atoms with Crippen molar-refractivity contribution in [3.63, 3.8) is 0 Å². The maximum Gasteiger partial charge on any atom is 0.0471 e. The SMILES string of the molecule is CCCNCc1ccc(N2CCCC2(C)C)cc1Cl. The summed E-state index contributed by atoms with van der Waals surface area (Å²) in [7, 11) is 0. The molecule has 1 saturated heterocycles. The van der Waals surface area contributed by atoms with Crippen LogP contribution in [0.3, 0.4) is 0 Å². The summed E-state index contributed by atoms with van der Waals surface area (Å²) < 4.78 is 0. The summed E-state index contributed by atoms with van der Waals surface area (Å²) >= 11 is 6.41. The molecule has 0 radical (unpaired) electrons. The first kappa shape index (κ1) is 14.7. The van der Waals surface area contributed by atoms with Crippen molar-refractivity contribution in [2.45, 2.75) is 52.1 Å². The fourth-order valence-corrected chi connectivity index (χ4v) is 3.07. The lowest BCUT2D eigenvalue weighted by molar-refractivity contribution is 0.518. The summed E-state index contributed by atoms with van der Waals surface area (Å²) in [5.74, 6) is 0. The van der Waals surface area contributed by atoms with Crippen molar-refractivity contribution in [2.24, 2.45) is 0 Å². The minimum Gasteiger partial charge on any atom is -0.366 e. The number of benzene rings is 1. The molecule has 1 aromatic rings. The monoisotopic (exact) mass is 280 g/mol. The number of nitrogens with zero attached hydrogens (tertiary/aromatic N) is 1. The van der Waals surface area contributed by atoms with E-state index < -0.39 is 0 Å². The Labute approximate surface area is 122 Å². The van der Waals surface area contributed by atoms with E-state index in [4.69, 9.17) is 11.6 Å². The molecule has 19 heavy (non-hydrogen) atoms. The summed E-state index contributed by atoms with van der Waals surface area (Å²) in [6, 6.07) is 6.49. The van der Waals surface area contributed by atoms with Crippen LogP contribution < -0.4 is 10.2 Å². The minimum atomic E-state index is 0.255. The molecule has 0 unspecified atom stereocenters.